The third-order valence-electron chi connectivity index (χ3n) is 3.25. The van der Waals surface area contributed by atoms with Gasteiger partial charge in [0.2, 0.25) is 5.91 Å². The van der Waals surface area contributed by atoms with Gasteiger partial charge in [-0.3, -0.25) is 4.79 Å². The van der Waals surface area contributed by atoms with Crippen LogP contribution >= 0.6 is 0 Å². The Labute approximate surface area is 124 Å². The summed E-state index contributed by atoms with van der Waals surface area (Å²) < 4.78 is 5.16. The van der Waals surface area contributed by atoms with Crippen LogP contribution in [0.3, 0.4) is 0 Å². The minimum Gasteiger partial charge on any atom is -0.497 e. The molecule has 0 aliphatic heterocycles. The van der Waals surface area contributed by atoms with Crippen molar-refractivity contribution in [2.24, 2.45) is 0 Å². The molecular weight excluding hydrogens is 264 g/mol. The molecule has 2 rings (SSSR count). The van der Waals surface area contributed by atoms with Gasteiger partial charge in [0.05, 0.1) is 25.2 Å². The number of nitriles is 1. The van der Waals surface area contributed by atoms with Crippen LogP contribution in [-0.2, 0) is 11.2 Å². The van der Waals surface area contributed by atoms with Crippen molar-refractivity contribution in [1.29, 1.82) is 5.26 Å². The fourth-order valence-electron chi connectivity index (χ4n) is 1.95. The van der Waals surface area contributed by atoms with Gasteiger partial charge in [0, 0.05) is 18.8 Å². The Morgan fingerprint density at radius 1 is 1.24 bits per heavy atom. The Hall–Kier alpha value is -2.80. The Morgan fingerprint density at radius 3 is 2.57 bits per heavy atom. The lowest BCUT2D eigenvalue weighted by Crippen LogP contribution is -2.27. The van der Waals surface area contributed by atoms with E-state index < -0.39 is 0 Å². The number of likely N-dealkylation sites (N-methyl/N-ethyl adjacent to an activating group) is 1. The summed E-state index contributed by atoms with van der Waals surface area (Å²) in [5.41, 5.74) is 2.26. The summed E-state index contributed by atoms with van der Waals surface area (Å²) in [6, 6.07) is 16.5. The molecule has 0 N–H and O–H groups in total. The van der Waals surface area contributed by atoms with Gasteiger partial charge in [-0.05, 0) is 29.8 Å². The molecule has 4 nitrogen and oxygen atoms in total. The Kier molecular flexibility index (Phi) is 4.57. The fourth-order valence-corrected chi connectivity index (χ4v) is 1.95. The molecule has 0 heterocycles. The highest BCUT2D eigenvalue weighted by molar-refractivity contribution is 5.94. The molecular formula is C17H16N2O2. The van der Waals surface area contributed by atoms with Gasteiger partial charge in [-0.25, -0.2) is 0 Å². The quantitative estimate of drug-likeness (QED) is 0.865. The van der Waals surface area contributed by atoms with Crippen molar-refractivity contribution in [2.45, 2.75) is 6.42 Å². The Morgan fingerprint density at radius 2 is 1.95 bits per heavy atom. The Balaban J connectivity index is 2.09. The fraction of sp³-hybridized carbons (Fsp3) is 0.176. The largest absolute Gasteiger partial charge is 0.497 e. The second kappa shape index (κ2) is 6.58. The average Bonchev–Trinajstić information content (AvgIpc) is 2.54. The normalized spacial score (nSPS) is 9.76. The van der Waals surface area contributed by atoms with Gasteiger partial charge in [0.1, 0.15) is 5.75 Å². The van der Waals surface area contributed by atoms with Crippen molar-refractivity contribution in [3.05, 3.63) is 59.7 Å². The summed E-state index contributed by atoms with van der Waals surface area (Å²) in [6.45, 7) is 0. The molecule has 0 atom stereocenters. The molecule has 0 bridgehead atoms. The van der Waals surface area contributed by atoms with E-state index >= 15 is 0 Å². The summed E-state index contributed by atoms with van der Waals surface area (Å²) in [4.78, 5) is 13.9. The number of methoxy groups -OCH3 is 1. The van der Waals surface area contributed by atoms with Crippen LogP contribution in [0.15, 0.2) is 48.5 Å². The number of carbonyl (C=O) groups is 1. The van der Waals surface area contributed by atoms with E-state index in [1.807, 2.05) is 24.3 Å². The number of rotatable bonds is 4. The molecule has 0 saturated heterocycles. The number of ether oxygens (including phenoxy) is 1. The Bertz CT molecular complexity index is 672. The summed E-state index contributed by atoms with van der Waals surface area (Å²) in [6.07, 6.45) is 0.291. The summed E-state index contributed by atoms with van der Waals surface area (Å²) >= 11 is 0. The number of anilines is 1. The maximum atomic E-state index is 12.3. The van der Waals surface area contributed by atoms with Crippen LogP contribution in [0, 0.1) is 11.3 Å². The summed E-state index contributed by atoms with van der Waals surface area (Å²) in [5, 5.41) is 8.76. The number of amides is 1. The van der Waals surface area contributed by atoms with Crippen LogP contribution < -0.4 is 9.64 Å². The van der Waals surface area contributed by atoms with Gasteiger partial charge in [-0.2, -0.15) is 5.26 Å². The maximum absolute atomic E-state index is 12.3. The molecule has 0 aromatic heterocycles. The van der Waals surface area contributed by atoms with Gasteiger partial charge >= 0.3 is 0 Å². The van der Waals surface area contributed by atoms with E-state index in [0.29, 0.717) is 17.7 Å². The summed E-state index contributed by atoms with van der Waals surface area (Å²) in [7, 11) is 3.33. The number of carbonyl (C=O) groups excluding carboxylic acids is 1. The molecule has 0 aliphatic carbocycles. The second-order valence-electron chi connectivity index (χ2n) is 4.64. The minimum absolute atomic E-state index is 0.0204. The van der Waals surface area contributed by atoms with Gasteiger partial charge in [0.25, 0.3) is 0 Å². The third kappa shape index (κ3) is 3.61. The van der Waals surface area contributed by atoms with E-state index in [1.165, 1.54) is 0 Å². The number of hydrogen-bond donors (Lipinski definition) is 0. The lowest BCUT2D eigenvalue weighted by molar-refractivity contribution is -0.117. The van der Waals surface area contributed by atoms with Crippen molar-refractivity contribution in [2.75, 3.05) is 19.1 Å². The van der Waals surface area contributed by atoms with E-state index in [1.54, 1.807) is 43.3 Å². The van der Waals surface area contributed by atoms with Gasteiger partial charge < -0.3 is 9.64 Å². The van der Waals surface area contributed by atoms with Crippen molar-refractivity contribution in [3.63, 3.8) is 0 Å². The third-order valence-corrected chi connectivity index (χ3v) is 3.25. The molecule has 106 valence electrons. The monoisotopic (exact) mass is 280 g/mol. The molecule has 1 amide bonds. The van der Waals surface area contributed by atoms with Crippen molar-refractivity contribution in [3.8, 4) is 11.8 Å². The lowest BCUT2D eigenvalue weighted by Gasteiger charge is -2.18. The van der Waals surface area contributed by atoms with Crippen LogP contribution in [-0.4, -0.2) is 20.1 Å². The zero-order valence-corrected chi connectivity index (χ0v) is 12.0. The van der Waals surface area contributed by atoms with Gasteiger partial charge in [-0.15, -0.1) is 0 Å². The molecule has 2 aromatic rings. The topological polar surface area (TPSA) is 53.3 Å². The van der Waals surface area contributed by atoms with Gasteiger partial charge in [-0.1, -0.05) is 18.2 Å². The van der Waals surface area contributed by atoms with Crippen LogP contribution in [0.1, 0.15) is 11.1 Å². The van der Waals surface area contributed by atoms with Crippen molar-refractivity contribution >= 4 is 11.6 Å². The molecule has 0 spiro atoms. The van der Waals surface area contributed by atoms with E-state index in [-0.39, 0.29) is 5.91 Å². The highest BCUT2D eigenvalue weighted by atomic mass is 16.5. The van der Waals surface area contributed by atoms with Gasteiger partial charge in [0.15, 0.2) is 0 Å². The molecule has 0 aliphatic rings. The van der Waals surface area contributed by atoms with Crippen LogP contribution in [0.2, 0.25) is 0 Å². The first-order valence-corrected chi connectivity index (χ1v) is 6.53. The molecule has 0 saturated carbocycles. The second-order valence-corrected chi connectivity index (χ2v) is 4.64. The SMILES string of the molecule is COc1cccc(N(C)C(=O)Cc2ccc(C#N)cc2)c1. The first-order valence-electron chi connectivity index (χ1n) is 6.53. The first kappa shape index (κ1) is 14.6. The number of benzene rings is 2. The molecule has 0 fully saturated rings. The average molecular weight is 280 g/mol. The highest BCUT2D eigenvalue weighted by Crippen LogP contribution is 2.20. The zero-order chi connectivity index (χ0) is 15.2. The van der Waals surface area contributed by atoms with E-state index in [2.05, 4.69) is 6.07 Å². The van der Waals surface area contributed by atoms with E-state index in [4.69, 9.17) is 10.00 Å². The molecule has 4 heteroatoms. The van der Waals surface area contributed by atoms with Crippen molar-refractivity contribution < 1.29 is 9.53 Å². The predicted octanol–water partition coefficient (Wildman–Crippen LogP) is 2.77. The molecule has 0 radical (unpaired) electrons. The van der Waals surface area contributed by atoms with Crippen LogP contribution in [0.25, 0.3) is 0 Å². The standard InChI is InChI=1S/C17H16N2O2/c1-19(15-4-3-5-16(11-15)21-2)17(20)10-13-6-8-14(12-18)9-7-13/h3-9,11H,10H2,1-2H3. The molecule has 21 heavy (non-hydrogen) atoms. The van der Waals surface area contributed by atoms with E-state index in [0.717, 1.165) is 11.3 Å². The minimum atomic E-state index is -0.0204. The highest BCUT2D eigenvalue weighted by Gasteiger charge is 2.12. The molecule has 0 unspecified atom stereocenters. The van der Waals surface area contributed by atoms with E-state index in [9.17, 15) is 4.79 Å². The van der Waals surface area contributed by atoms with Crippen molar-refractivity contribution in [1.82, 2.24) is 0 Å². The number of nitrogens with zero attached hydrogens (tertiary/aromatic N) is 2. The van der Waals surface area contributed by atoms with Crippen LogP contribution in [0.5, 0.6) is 5.75 Å². The number of hydrogen-bond acceptors (Lipinski definition) is 3. The first-order chi connectivity index (χ1) is 10.1. The smallest absolute Gasteiger partial charge is 0.231 e. The molecule has 2 aromatic carbocycles. The lowest BCUT2D eigenvalue weighted by atomic mass is 10.1. The predicted molar refractivity (Wildman–Crippen MR) is 81.3 cm³/mol. The zero-order valence-electron chi connectivity index (χ0n) is 12.0. The maximum Gasteiger partial charge on any atom is 0.231 e. The summed E-state index contributed by atoms with van der Waals surface area (Å²) in [5.74, 6) is 0.693. The van der Waals surface area contributed by atoms with Crippen LogP contribution in [0.4, 0.5) is 5.69 Å².